The van der Waals surface area contributed by atoms with Crippen LogP contribution in [0.5, 0.6) is 0 Å². The molecule has 3 heterocycles. The summed E-state index contributed by atoms with van der Waals surface area (Å²) >= 11 is 6.42. The van der Waals surface area contributed by atoms with Gasteiger partial charge in [0.1, 0.15) is 5.82 Å². The number of fused-ring (bicyclic) bond motifs is 2. The Kier molecular flexibility index (Phi) is 4.96. The van der Waals surface area contributed by atoms with E-state index < -0.39 is 0 Å². The molecule has 0 radical (unpaired) electrons. The normalized spacial score (nSPS) is 19.2. The molecular formula is C23H24ClN5. The van der Waals surface area contributed by atoms with Gasteiger partial charge in [-0.3, -0.25) is 9.88 Å². The van der Waals surface area contributed by atoms with E-state index in [9.17, 15) is 0 Å². The van der Waals surface area contributed by atoms with Gasteiger partial charge in [0.15, 0.2) is 0 Å². The third-order valence-corrected chi connectivity index (χ3v) is 6.10. The van der Waals surface area contributed by atoms with Crippen LogP contribution < -0.4 is 5.32 Å². The van der Waals surface area contributed by atoms with Gasteiger partial charge in [-0.2, -0.15) is 0 Å². The number of allylic oxidation sites excluding steroid dienone is 1. The molecule has 6 heteroatoms. The minimum absolute atomic E-state index is 0.123. The monoisotopic (exact) mass is 405 g/mol. The number of rotatable bonds is 3. The molecule has 2 aromatic heterocycles. The summed E-state index contributed by atoms with van der Waals surface area (Å²) in [6.45, 7) is 6.76. The highest BCUT2D eigenvalue weighted by Crippen LogP contribution is 2.40. The average Bonchev–Trinajstić information content (AvgIpc) is 3.09. The summed E-state index contributed by atoms with van der Waals surface area (Å²) in [5.74, 6) is 0.999. The second-order valence-electron chi connectivity index (χ2n) is 7.68. The molecule has 1 fully saturated rings. The third-order valence-electron chi connectivity index (χ3n) is 5.89. The number of nitrogens with zero attached hydrogens (tertiary/aromatic N) is 4. The first-order chi connectivity index (χ1) is 14.2. The number of piperazine rings is 1. The van der Waals surface area contributed by atoms with Crippen LogP contribution in [0, 0.1) is 6.92 Å². The minimum Gasteiger partial charge on any atom is -0.331 e. The largest absolute Gasteiger partial charge is 0.331 e. The molecule has 1 unspecified atom stereocenters. The fourth-order valence-corrected chi connectivity index (χ4v) is 4.58. The number of hydrogen-bond acceptors (Lipinski definition) is 4. The Bertz CT molecular complexity index is 1060. The minimum atomic E-state index is 0.123. The zero-order valence-electron chi connectivity index (χ0n) is 16.5. The molecule has 0 spiro atoms. The van der Waals surface area contributed by atoms with Gasteiger partial charge in [-0.1, -0.05) is 35.9 Å². The van der Waals surface area contributed by atoms with E-state index in [1.807, 2.05) is 19.3 Å². The highest BCUT2D eigenvalue weighted by molar-refractivity contribution is 6.30. The van der Waals surface area contributed by atoms with Crippen molar-refractivity contribution < 1.29 is 0 Å². The maximum absolute atomic E-state index is 6.42. The molecule has 1 aliphatic heterocycles. The van der Waals surface area contributed by atoms with Crippen molar-refractivity contribution >= 4 is 23.3 Å². The van der Waals surface area contributed by atoms with Gasteiger partial charge < -0.3 is 9.88 Å². The van der Waals surface area contributed by atoms with E-state index in [-0.39, 0.29) is 6.04 Å². The molecule has 3 aromatic rings. The number of aromatic nitrogens is 3. The van der Waals surface area contributed by atoms with Crippen molar-refractivity contribution in [3.8, 4) is 0 Å². The van der Waals surface area contributed by atoms with Crippen molar-refractivity contribution in [3.05, 3.63) is 82.2 Å². The Hall–Kier alpha value is -2.47. The van der Waals surface area contributed by atoms with E-state index in [4.69, 9.17) is 16.6 Å². The first kappa shape index (κ1) is 18.6. The van der Waals surface area contributed by atoms with Gasteiger partial charge in [-0.05, 0) is 35.8 Å². The summed E-state index contributed by atoms with van der Waals surface area (Å²) in [6.07, 6.45) is 7.96. The molecule has 5 rings (SSSR count). The molecule has 0 saturated carbocycles. The van der Waals surface area contributed by atoms with Gasteiger partial charge in [0.2, 0.25) is 0 Å². The predicted molar refractivity (Wildman–Crippen MR) is 117 cm³/mol. The van der Waals surface area contributed by atoms with Crippen molar-refractivity contribution in [2.75, 3.05) is 26.2 Å². The van der Waals surface area contributed by atoms with E-state index in [1.165, 1.54) is 16.7 Å². The Labute approximate surface area is 176 Å². The molecule has 5 nitrogen and oxygen atoms in total. The molecule has 29 heavy (non-hydrogen) atoms. The lowest BCUT2D eigenvalue weighted by Crippen LogP contribution is -2.45. The first-order valence-corrected chi connectivity index (χ1v) is 10.5. The second-order valence-corrected chi connectivity index (χ2v) is 8.11. The van der Waals surface area contributed by atoms with Crippen LogP contribution in [0.2, 0.25) is 5.02 Å². The van der Waals surface area contributed by atoms with Gasteiger partial charge in [0.05, 0.1) is 16.8 Å². The first-order valence-electron chi connectivity index (χ1n) is 10.1. The fraction of sp³-hybridized carbons (Fsp3) is 0.304. The molecule has 1 saturated heterocycles. The summed E-state index contributed by atoms with van der Waals surface area (Å²) < 4.78 is 2.17. The Morgan fingerprint density at radius 1 is 1.17 bits per heavy atom. The van der Waals surface area contributed by atoms with Crippen LogP contribution in [-0.2, 0) is 6.54 Å². The van der Waals surface area contributed by atoms with E-state index in [0.717, 1.165) is 49.8 Å². The number of halogens is 1. The number of benzene rings is 1. The lowest BCUT2D eigenvalue weighted by atomic mass is 9.95. The van der Waals surface area contributed by atoms with Crippen LogP contribution >= 0.6 is 11.6 Å². The highest BCUT2D eigenvalue weighted by atomic mass is 35.5. The average molecular weight is 406 g/mol. The maximum atomic E-state index is 6.42. The number of pyridine rings is 1. The predicted octanol–water partition coefficient (Wildman–Crippen LogP) is 3.79. The zero-order chi connectivity index (χ0) is 19.8. The van der Waals surface area contributed by atoms with Crippen molar-refractivity contribution in [1.82, 2.24) is 24.8 Å². The number of aryl methyl sites for hydroxylation is 1. The van der Waals surface area contributed by atoms with E-state index in [0.29, 0.717) is 5.02 Å². The zero-order valence-corrected chi connectivity index (χ0v) is 17.2. The molecule has 0 amide bonds. The fourth-order valence-electron chi connectivity index (χ4n) is 4.42. The molecule has 1 atom stereocenters. The van der Waals surface area contributed by atoms with Crippen molar-refractivity contribution in [3.63, 3.8) is 0 Å². The Morgan fingerprint density at radius 2 is 2.00 bits per heavy atom. The topological polar surface area (TPSA) is 46.0 Å². The van der Waals surface area contributed by atoms with Crippen molar-refractivity contribution in [1.29, 1.82) is 0 Å². The van der Waals surface area contributed by atoms with Crippen molar-refractivity contribution in [2.45, 2.75) is 19.5 Å². The second kappa shape index (κ2) is 7.75. The van der Waals surface area contributed by atoms with Crippen LogP contribution in [0.15, 0.2) is 48.9 Å². The lowest BCUT2D eigenvalue weighted by Gasteiger charge is -2.35. The van der Waals surface area contributed by atoms with Crippen molar-refractivity contribution in [2.24, 2.45) is 0 Å². The highest BCUT2D eigenvalue weighted by Gasteiger charge is 2.31. The molecule has 148 valence electrons. The summed E-state index contributed by atoms with van der Waals surface area (Å²) in [5, 5.41) is 4.13. The van der Waals surface area contributed by atoms with Crippen LogP contribution in [0.3, 0.4) is 0 Å². The third kappa shape index (κ3) is 3.50. The molecular weight excluding hydrogens is 382 g/mol. The number of imidazole rings is 1. The number of nitrogens with one attached hydrogen (secondary N) is 1. The summed E-state index contributed by atoms with van der Waals surface area (Å²) in [4.78, 5) is 11.8. The van der Waals surface area contributed by atoms with E-state index in [2.05, 4.69) is 56.2 Å². The molecule has 1 aliphatic carbocycles. The molecule has 1 aromatic carbocycles. The molecule has 0 bridgehead atoms. The maximum Gasteiger partial charge on any atom is 0.105 e. The summed E-state index contributed by atoms with van der Waals surface area (Å²) in [6, 6.07) is 10.9. The van der Waals surface area contributed by atoms with Crippen LogP contribution in [0.4, 0.5) is 0 Å². The lowest BCUT2D eigenvalue weighted by molar-refractivity contribution is 0.195. The quantitative estimate of drug-likeness (QED) is 0.720. The molecule has 1 N–H and O–H groups in total. The van der Waals surface area contributed by atoms with Crippen LogP contribution in [0.1, 0.15) is 34.3 Å². The Balaban J connectivity index is 1.70. The van der Waals surface area contributed by atoms with Gasteiger partial charge in [-0.25, -0.2) is 4.98 Å². The summed E-state index contributed by atoms with van der Waals surface area (Å²) in [7, 11) is 0. The number of hydrogen-bond donors (Lipinski definition) is 1. The van der Waals surface area contributed by atoms with E-state index in [1.54, 1.807) is 6.20 Å². The van der Waals surface area contributed by atoms with Gasteiger partial charge in [0.25, 0.3) is 0 Å². The van der Waals surface area contributed by atoms with E-state index >= 15 is 0 Å². The Morgan fingerprint density at radius 3 is 2.79 bits per heavy atom. The standard InChI is InChI=1S/C23H24ClN5/c1-16-26-8-11-29(16)15-18-12-17-4-2-3-5-20(17)23(28-9-6-25-7-10-28)22-21(18)13-19(24)14-27-22/h2-5,8,11-14,23,25H,6-7,9-10,15H2,1H3. The van der Waals surface area contributed by atoms with Crippen LogP contribution in [0.25, 0.3) is 11.6 Å². The van der Waals surface area contributed by atoms with Gasteiger partial charge in [-0.15, -0.1) is 0 Å². The van der Waals surface area contributed by atoms with Gasteiger partial charge >= 0.3 is 0 Å². The smallest absolute Gasteiger partial charge is 0.105 e. The SMILES string of the molecule is Cc1nccn1CC1=Cc2ccccc2C(N2CCNCC2)c2ncc(Cl)cc21. The molecule has 2 aliphatic rings. The van der Waals surface area contributed by atoms with Gasteiger partial charge in [0, 0.05) is 56.9 Å². The summed E-state index contributed by atoms with van der Waals surface area (Å²) in [5.41, 5.74) is 5.98. The van der Waals surface area contributed by atoms with Crippen LogP contribution in [-0.4, -0.2) is 45.6 Å².